The minimum atomic E-state index is -0.273. The predicted molar refractivity (Wildman–Crippen MR) is 65.0 cm³/mol. The summed E-state index contributed by atoms with van der Waals surface area (Å²) in [6, 6.07) is 3.17. The highest BCUT2D eigenvalue weighted by Gasteiger charge is 2.27. The van der Waals surface area contributed by atoms with Crippen molar-refractivity contribution in [2.24, 2.45) is 0 Å². The highest BCUT2D eigenvalue weighted by Crippen LogP contribution is 2.26. The van der Waals surface area contributed by atoms with Gasteiger partial charge in [0.05, 0.1) is 12.8 Å². The third kappa shape index (κ3) is 2.11. The van der Waals surface area contributed by atoms with Gasteiger partial charge in [-0.25, -0.2) is 0 Å². The van der Waals surface area contributed by atoms with Gasteiger partial charge in [0.2, 0.25) is 11.8 Å². The summed E-state index contributed by atoms with van der Waals surface area (Å²) in [6.45, 7) is 3.12. The van der Waals surface area contributed by atoms with Crippen molar-refractivity contribution in [2.75, 3.05) is 30.8 Å². The number of carbonyl (C=O) groups excluding carboxylic acids is 1. The van der Waals surface area contributed by atoms with Gasteiger partial charge in [0.25, 0.3) is 0 Å². The molecule has 0 aromatic carbocycles. The molecule has 2 heterocycles. The Morgan fingerprint density at radius 1 is 1.59 bits per heavy atom. The van der Waals surface area contributed by atoms with Crippen molar-refractivity contribution in [1.29, 1.82) is 0 Å². The first-order valence-corrected chi connectivity index (χ1v) is 5.48. The van der Waals surface area contributed by atoms with Crippen LogP contribution in [0.25, 0.3) is 0 Å². The number of nitrogens with one attached hydrogen (secondary N) is 1. The number of methoxy groups -OCH3 is 1. The Hall–Kier alpha value is -1.98. The van der Waals surface area contributed by atoms with E-state index in [0.29, 0.717) is 30.5 Å². The minimum absolute atomic E-state index is 0.0136. The number of nitrogens with zero attached hydrogens (tertiary/aromatic N) is 2. The molecule has 0 radical (unpaired) electrons. The summed E-state index contributed by atoms with van der Waals surface area (Å²) in [7, 11) is 1.55. The van der Waals surface area contributed by atoms with Gasteiger partial charge in [0, 0.05) is 19.2 Å². The smallest absolute Gasteiger partial charge is 0.242 e. The Morgan fingerprint density at radius 3 is 3.06 bits per heavy atom. The molecule has 3 N–H and O–H groups in total. The van der Waals surface area contributed by atoms with Gasteiger partial charge in [-0.1, -0.05) is 0 Å². The number of carbonyl (C=O) groups is 1. The zero-order valence-corrected chi connectivity index (χ0v) is 9.93. The molecule has 6 nitrogen and oxygen atoms in total. The molecule has 17 heavy (non-hydrogen) atoms. The maximum atomic E-state index is 11.6. The molecule has 1 aromatic rings. The number of nitrogens with two attached hydrogens (primary N) is 1. The normalized spacial score (nSPS) is 20.0. The molecule has 1 aliphatic rings. The van der Waals surface area contributed by atoms with E-state index in [1.807, 2.05) is 11.8 Å². The van der Waals surface area contributed by atoms with Crippen LogP contribution in [0.3, 0.4) is 0 Å². The lowest BCUT2D eigenvalue weighted by molar-refractivity contribution is -0.122. The van der Waals surface area contributed by atoms with Crippen LogP contribution >= 0.6 is 0 Å². The van der Waals surface area contributed by atoms with Crippen LogP contribution in [0, 0.1) is 0 Å². The van der Waals surface area contributed by atoms with Gasteiger partial charge in [-0.15, -0.1) is 0 Å². The van der Waals surface area contributed by atoms with Crippen molar-refractivity contribution in [3.8, 4) is 5.88 Å². The molecule has 1 unspecified atom stereocenters. The fourth-order valence-corrected chi connectivity index (χ4v) is 1.86. The van der Waals surface area contributed by atoms with Crippen molar-refractivity contribution in [3.05, 3.63) is 12.1 Å². The van der Waals surface area contributed by atoms with Crippen molar-refractivity contribution in [1.82, 2.24) is 10.3 Å². The van der Waals surface area contributed by atoms with E-state index in [2.05, 4.69) is 10.3 Å². The Labute approximate surface area is 99.8 Å². The van der Waals surface area contributed by atoms with Gasteiger partial charge in [0.1, 0.15) is 6.04 Å². The molecule has 6 heteroatoms. The standard InChI is InChI=1S/C11H16N4O2/c1-7-11(16)13-5-6-15(7)10-8(12)3-4-9(14-10)17-2/h3-4,7H,5-6,12H2,1-2H3,(H,13,16). The molecule has 1 amide bonds. The summed E-state index contributed by atoms with van der Waals surface area (Å²) in [5, 5.41) is 2.80. The molecule has 1 saturated heterocycles. The second-order valence-electron chi connectivity index (χ2n) is 3.93. The minimum Gasteiger partial charge on any atom is -0.481 e. The van der Waals surface area contributed by atoms with Crippen LogP contribution in [0.1, 0.15) is 6.92 Å². The van der Waals surface area contributed by atoms with E-state index in [9.17, 15) is 4.79 Å². The number of aromatic nitrogens is 1. The molecular formula is C11H16N4O2. The zero-order chi connectivity index (χ0) is 12.4. The number of ether oxygens (including phenoxy) is 1. The molecular weight excluding hydrogens is 220 g/mol. The van der Waals surface area contributed by atoms with Gasteiger partial charge in [-0.3, -0.25) is 4.79 Å². The first-order valence-electron chi connectivity index (χ1n) is 5.48. The van der Waals surface area contributed by atoms with Gasteiger partial charge in [-0.05, 0) is 13.0 Å². The number of piperazine rings is 1. The van der Waals surface area contributed by atoms with E-state index < -0.39 is 0 Å². The molecule has 1 aliphatic heterocycles. The van der Waals surface area contributed by atoms with Crippen LogP contribution in [0.4, 0.5) is 11.5 Å². The fraction of sp³-hybridized carbons (Fsp3) is 0.455. The van der Waals surface area contributed by atoms with Gasteiger partial charge in [-0.2, -0.15) is 4.98 Å². The first-order chi connectivity index (χ1) is 8.13. The quantitative estimate of drug-likeness (QED) is 0.755. The summed E-state index contributed by atoms with van der Waals surface area (Å²) in [4.78, 5) is 17.8. The fourth-order valence-electron chi connectivity index (χ4n) is 1.86. The summed E-state index contributed by atoms with van der Waals surface area (Å²) in [6.07, 6.45) is 0. The first kappa shape index (κ1) is 11.5. The number of amides is 1. The second kappa shape index (κ2) is 4.48. The molecule has 1 fully saturated rings. The summed E-state index contributed by atoms with van der Waals surface area (Å²) < 4.78 is 5.07. The van der Waals surface area contributed by atoms with Crippen LogP contribution < -0.4 is 20.7 Å². The molecule has 92 valence electrons. The summed E-state index contributed by atoms with van der Waals surface area (Å²) >= 11 is 0. The lowest BCUT2D eigenvalue weighted by Crippen LogP contribution is -2.54. The average molecular weight is 236 g/mol. The van der Waals surface area contributed by atoms with Crippen molar-refractivity contribution in [2.45, 2.75) is 13.0 Å². The highest BCUT2D eigenvalue weighted by atomic mass is 16.5. The number of anilines is 2. The Morgan fingerprint density at radius 2 is 2.35 bits per heavy atom. The highest BCUT2D eigenvalue weighted by molar-refractivity contribution is 5.87. The topological polar surface area (TPSA) is 80.5 Å². The van der Waals surface area contributed by atoms with Crippen molar-refractivity contribution in [3.63, 3.8) is 0 Å². The van der Waals surface area contributed by atoms with Crippen LogP contribution in [-0.4, -0.2) is 37.1 Å². The Bertz CT molecular complexity index is 435. The van der Waals surface area contributed by atoms with E-state index in [4.69, 9.17) is 10.5 Å². The van der Waals surface area contributed by atoms with Crippen LogP contribution in [-0.2, 0) is 4.79 Å². The molecule has 1 atom stereocenters. The molecule has 0 bridgehead atoms. The van der Waals surface area contributed by atoms with E-state index in [1.54, 1.807) is 19.2 Å². The van der Waals surface area contributed by atoms with Crippen LogP contribution in [0.5, 0.6) is 5.88 Å². The zero-order valence-electron chi connectivity index (χ0n) is 9.93. The lowest BCUT2D eigenvalue weighted by atomic mass is 10.2. The third-order valence-electron chi connectivity index (χ3n) is 2.86. The number of pyridine rings is 1. The van der Waals surface area contributed by atoms with E-state index in [1.165, 1.54) is 0 Å². The Balaban J connectivity index is 2.34. The van der Waals surface area contributed by atoms with Gasteiger partial charge in [0.15, 0.2) is 5.82 Å². The monoisotopic (exact) mass is 236 g/mol. The molecule has 0 saturated carbocycles. The van der Waals surface area contributed by atoms with Gasteiger partial charge < -0.3 is 20.7 Å². The van der Waals surface area contributed by atoms with Crippen molar-refractivity contribution < 1.29 is 9.53 Å². The van der Waals surface area contributed by atoms with Gasteiger partial charge >= 0.3 is 0 Å². The molecule has 0 aliphatic carbocycles. The van der Waals surface area contributed by atoms with E-state index >= 15 is 0 Å². The summed E-state index contributed by atoms with van der Waals surface area (Å²) in [5.41, 5.74) is 6.44. The largest absolute Gasteiger partial charge is 0.481 e. The SMILES string of the molecule is COc1ccc(N)c(N2CCNC(=O)C2C)n1. The predicted octanol–water partition coefficient (Wildman–Crippen LogP) is -0.00290. The number of hydrogen-bond acceptors (Lipinski definition) is 5. The van der Waals surface area contributed by atoms with E-state index in [-0.39, 0.29) is 11.9 Å². The van der Waals surface area contributed by atoms with Crippen LogP contribution in [0.2, 0.25) is 0 Å². The second-order valence-corrected chi connectivity index (χ2v) is 3.93. The number of rotatable bonds is 2. The Kier molecular flexibility index (Phi) is 3.03. The average Bonchev–Trinajstić information content (AvgIpc) is 2.34. The maximum absolute atomic E-state index is 11.6. The number of nitrogen functional groups attached to an aromatic ring is 1. The number of hydrogen-bond donors (Lipinski definition) is 2. The maximum Gasteiger partial charge on any atom is 0.242 e. The third-order valence-corrected chi connectivity index (χ3v) is 2.86. The molecule has 2 rings (SSSR count). The lowest BCUT2D eigenvalue weighted by Gasteiger charge is -2.34. The molecule has 1 aromatic heterocycles. The van der Waals surface area contributed by atoms with Crippen molar-refractivity contribution >= 4 is 17.4 Å². The van der Waals surface area contributed by atoms with E-state index in [0.717, 1.165) is 0 Å². The summed E-state index contributed by atoms with van der Waals surface area (Å²) in [5.74, 6) is 1.08. The van der Waals surface area contributed by atoms with Crippen LogP contribution in [0.15, 0.2) is 12.1 Å². The molecule has 0 spiro atoms.